The minimum Gasteiger partial charge on any atom is -0.373 e. The maximum atomic E-state index is 12.0. The normalized spacial score (nSPS) is 18.1. The Morgan fingerprint density at radius 2 is 2.11 bits per heavy atom. The molecule has 100 valence electrons. The number of nitrogens with zero attached hydrogens (tertiary/aromatic N) is 1. The Bertz CT molecular complexity index is 507. The summed E-state index contributed by atoms with van der Waals surface area (Å²) in [5, 5.41) is 2.85. The fourth-order valence-corrected chi connectivity index (χ4v) is 3.14. The number of hydrogen-bond acceptors (Lipinski definition) is 4. The maximum Gasteiger partial charge on any atom is 0.242 e. The van der Waals surface area contributed by atoms with Crippen LogP contribution in [-0.4, -0.2) is 27.0 Å². The average Bonchev–Trinajstić information content (AvgIpc) is 2.34. The van der Waals surface area contributed by atoms with E-state index in [0.29, 0.717) is 12.4 Å². The highest BCUT2D eigenvalue weighted by molar-refractivity contribution is 7.89. The van der Waals surface area contributed by atoms with Crippen LogP contribution >= 0.6 is 0 Å². The lowest BCUT2D eigenvalue weighted by atomic mass is 9.71. The first-order valence-corrected chi connectivity index (χ1v) is 7.57. The second-order valence-electron chi connectivity index (χ2n) is 5.12. The molecule has 6 heteroatoms. The monoisotopic (exact) mass is 269 g/mol. The standard InChI is InChI=1S/C12H19N3O2S/c1-12(6-3-7-12)9-15-18(16,17)10-4-5-11(13-2)14-8-10/h4-5,8,15H,3,6-7,9H2,1-2H3,(H,13,14). The molecule has 0 saturated heterocycles. The molecular formula is C12H19N3O2S. The fraction of sp³-hybridized carbons (Fsp3) is 0.583. The largest absolute Gasteiger partial charge is 0.373 e. The zero-order valence-corrected chi connectivity index (χ0v) is 11.5. The predicted octanol–water partition coefficient (Wildman–Crippen LogP) is 1.59. The van der Waals surface area contributed by atoms with E-state index in [-0.39, 0.29) is 10.3 Å². The molecule has 2 N–H and O–H groups in total. The molecule has 0 atom stereocenters. The van der Waals surface area contributed by atoms with Gasteiger partial charge in [0, 0.05) is 19.8 Å². The first kappa shape index (κ1) is 13.3. The van der Waals surface area contributed by atoms with Crippen molar-refractivity contribution < 1.29 is 8.42 Å². The summed E-state index contributed by atoms with van der Waals surface area (Å²) in [6, 6.07) is 3.21. The molecule has 0 unspecified atom stereocenters. The summed E-state index contributed by atoms with van der Waals surface area (Å²) in [6.07, 6.45) is 4.74. The van der Waals surface area contributed by atoms with Crippen LogP contribution in [-0.2, 0) is 10.0 Å². The molecule has 0 spiro atoms. The smallest absolute Gasteiger partial charge is 0.242 e. The van der Waals surface area contributed by atoms with Crippen LogP contribution in [0.3, 0.4) is 0 Å². The molecule has 1 aromatic rings. The van der Waals surface area contributed by atoms with Crippen LogP contribution in [0.15, 0.2) is 23.2 Å². The van der Waals surface area contributed by atoms with Crippen LogP contribution in [0.1, 0.15) is 26.2 Å². The Hall–Kier alpha value is -1.14. The van der Waals surface area contributed by atoms with Gasteiger partial charge in [-0.2, -0.15) is 0 Å². The maximum absolute atomic E-state index is 12.0. The minimum absolute atomic E-state index is 0.130. The molecule has 0 aromatic carbocycles. The topological polar surface area (TPSA) is 71.1 Å². The fourth-order valence-electron chi connectivity index (χ4n) is 2.00. The van der Waals surface area contributed by atoms with E-state index in [4.69, 9.17) is 0 Å². The summed E-state index contributed by atoms with van der Waals surface area (Å²) in [6.45, 7) is 2.62. The van der Waals surface area contributed by atoms with Crippen molar-refractivity contribution >= 4 is 15.8 Å². The lowest BCUT2D eigenvalue weighted by molar-refractivity contribution is 0.166. The van der Waals surface area contributed by atoms with Crippen LogP contribution in [0.2, 0.25) is 0 Å². The highest BCUT2D eigenvalue weighted by atomic mass is 32.2. The quantitative estimate of drug-likeness (QED) is 0.851. The van der Waals surface area contributed by atoms with Crippen molar-refractivity contribution in [2.75, 3.05) is 18.9 Å². The minimum atomic E-state index is -3.43. The number of hydrogen-bond donors (Lipinski definition) is 2. The molecule has 1 heterocycles. The molecule has 1 aliphatic carbocycles. The van der Waals surface area contributed by atoms with Crippen LogP contribution in [0, 0.1) is 5.41 Å². The van der Waals surface area contributed by atoms with Crippen molar-refractivity contribution in [2.24, 2.45) is 5.41 Å². The summed E-state index contributed by atoms with van der Waals surface area (Å²) in [5.74, 6) is 0.653. The van der Waals surface area contributed by atoms with Crippen LogP contribution in [0.25, 0.3) is 0 Å². The summed E-state index contributed by atoms with van der Waals surface area (Å²) in [5.41, 5.74) is 0.130. The second kappa shape index (κ2) is 4.85. The van der Waals surface area contributed by atoms with E-state index in [1.807, 2.05) is 0 Å². The number of rotatable bonds is 5. The van der Waals surface area contributed by atoms with E-state index in [1.54, 1.807) is 19.2 Å². The highest BCUT2D eigenvalue weighted by Crippen LogP contribution is 2.39. The predicted molar refractivity (Wildman–Crippen MR) is 70.9 cm³/mol. The Kier molecular flexibility index (Phi) is 3.59. The van der Waals surface area contributed by atoms with Gasteiger partial charge in [0.05, 0.1) is 0 Å². The van der Waals surface area contributed by atoms with Gasteiger partial charge >= 0.3 is 0 Å². The van der Waals surface area contributed by atoms with Crippen LogP contribution < -0.4 is 10.0 Å². The van der Waals surface area contributed by atoms with Gasteiger partial charge in [-0.05, 0) is 30.4 Å². The molecule has 18 heavy (non-hydrogen) atoms. The molecule has 0 radical (unpaired) electrons. The molecule has 0 aliphatic heterocycles. The first-order valence-electron chi connectivity index (χ1n) is 6.09. The second-order valence-corrected chi connectivity index (χ2v) is 6.88. The lowest BCUT2D eigenvalue weighted by Crippen LogP contribution is -2.39. The van der Waals surface area contributed by atoms with Gasteiger partial charge in [0.25, 0.3) is 0 Å². The van der Waals surface area contributed by atoms with Gasteiger partial charge in [-0.3, -0.25) is 0 Å². The van der Waals surface area contributed by atoms with Crippen molar-refractivity contribution in [3.05, 3.63) is 18.3 Å². The summed E-state index contributed by atoms with van der Waals surface area (Å²) in [7, 11) is -1.69. The van der Waals surface area contributed by atoms with Gasteiger partial charge in [0.1, 0.15) is 10.7 Å². The zero-order valence-electron chi connectivity index (χ0n) is 10.7. The number of sulfonamides is 1. The Labute approximate surface area is 108 Å². The number of pyridine rings is 1. The number of nitrogens with one attached hydrogen (secondary N) is 2. The van der Waals surface area contributed by atoms with E-state index < -0.39 is 10.0 Å². The number of anilines is 1. The van der Waals surface area contributed by atoms with Gasteiger partial charge in [0.2, 0.25) is 10.0 Å². The molecule has 0 bridgehead atoms. The van der Waals surface area contributed by atoms with E-state index >= 15 is 0 Å². The molecular weight excluding hydrogens is 250 g/mol. The average molecular weight is 269 g/mol. The van der Waals surface area contributed by atoms with Gasteiger partial charge in [-0.15, -0.1) is 0 Å². The van der Waals surface area contributed by atoms with Crippen molar-refractivity contribution in [2.45, 2.75) is 31.1 Å². The van der Waals surface area contributed by atoms with Gasteiger partial charge < -0.3 is 5.32 Å². The van der Waals surface area contributed by atoms with Crippen molar-refractivity contribution in [3.63, 3.8) is 0 Å². The van der Waals surface area contributed by atoms with Gasteiger partial charge in [-0.1, -0.05) is 13.3 Å². The van der Waals surface area contributed by atoms with Crippen LogP contribution in [0.5, 0.6) is 0 Å². The van der Waals surface area contributed by atoms with Crippen molar-refractivity contribution in [1.82, 2.24) is 9.71 Å². The van der Waals surface area contributed by atoms with Gasteiger partial charge in [-0.25, -0.2) is 18.1 Å². The lowest BCUT2D eigenvalue weighted by Gasteiger charge is -2.38. The van der Waals surface area contributed by atoms with E-state index in [9.17, 15) is 8.42 Å². The summed E-state index contributed by atoms with van der Waals surface area (Å²) >= 11 is 0. The first-order chi connectivity index (χ1) is 8.45. The van der Waals surface area contributed by atoms with Crippen LogP contribution in [0.4, 0.5) is 5.82 Å². The number of aromatic nitrogens is 1. The van der Waals surface area contributed by atoms with E-state index in [2.05, 4.69) is 21.9 Å². The third kappa shape index (κ3) is 2.81. The Morgan fingerprint density at radius 3 is 2.56 bits per heavy atom. The third-order valence-electron chi connectivity index (χ3n) is 3.55. The molecule has 1 fully saturated rings. The summed E-state index contributed by atoms with van der Waals surface area (Å²) < 4.78 is 26.8. The van der Waals surface area contributed by atoms with E-state index in [0.717, 1.165) is 12.8 Å². The molecule has 1 aromatic heterocycles. The Morgan fingerprint density at radius 1 is 1.39 bits per heavy atom. The SMILES string of the molecule is CNc1ccc(S(=O)(=O)NCC2(C)CCC2)cn1. The summed E-state index contributed by atoms with van der Waals surface area (Å²) in [4.78, 5) is 4.22. The molecule has 1 aliphatic rings. The molecule has 5 nitrogen and oxygen atoms in total. The highest BCUT2D eigenvalue weighted by Gasteiger charge is 2.33. The molecule has 2 rings (SSSR count). The molecule has 1 saturated carbocycles. The Balaban J connectivity index is 2.05. The molecule has 0 amide bonds. The third-order valence-corrected chi connectivity index (χ3v) is 4.94. The van der Waals surface area contributed by atoms with Crippen molar-refractivity contribution in [1.29, 1.82) is 0 Å². The van der Waals surface area contributed by atoms with E-state index in [1.165, 1.54) is 12.6 Å². The van der Waals surface area contributed by atoms with Crippen molar-refractivity contribution in [3.8, 4) is 0 Å². The zero-order chi connectivity index (χ0) is 13.2. The van der Waals surface area contributed by atoms with Gasteiger partial charge in [0.15, 0.2) is 0 Å².